The quantitative estimate of drug-likeness (QED) is 0.782. The monoisotopic (exact) mass is 348 g/mol. The zero-order valence-corrected chi connectivity index (χ0v) is 14.8. The number of aromatic nitrogens is 2. The minimum atomic E-state index is -0.0516. The highest BCUT2D eigenvalue weighted by atomic mass is 16.5. The normalized spacial score (nSPS) is 16.4. The second-order valence-electron chi connectivity index (χ2n) is 6.60. The first-order valence-electron chi connectivity index (χ1n) is 8.62. The van der Waals surface area contributed by atoms with Gasteiger partial charge in [0, 0.05) is 12.3 Å². The summed E-state index contributed by atoms with van der Waals surface area (Å²) in [4.78, 5) is 12.8. The van der Waals surface area contributed by atoms with Crippen LogP contribution in [0.15, 0.2) is 48.5 Å². The molecule has 3 aromatic rings. The number of fused-ring (bicyclic) bond motifs is 1. The van der Waals surface area contributed by atoms with Gasteiger partial charge >= 0.3 is 0 Å². The van der Waals surface area contributed by atoms with Gasteiger partial charge in [0.15, 0.2) is 5.78 Å². The van der Waals surface area contributed by atoms with Crippen LogP contribution in [0.5, 0.6) is 11.5 Å². The number of aryl methyl sites for hydroxylation is 1. The highest BCUT2D eigenvalue weighted by molar-refractivity contribution is 6.00. The molecule has 1 atom stereocenters. The van der Waals surface area contributed by atoms with Crippen LogP contribution in [0.2, 0.25) is 0 Å². The Hall–Kier alpha value is -3.08. The zero-order chi connectivity index (χ0) is 18.3. The molecule has 0 saturated carbocycles. The molecule has 5 nitrogen and oxygen atoms in total. The number of methoxy groups -OCH3 is 1. The summed E-state index contributed by atoms with van der Waals surface area (Å²) >= 11 is 0. The van der Waals surface area contributed by atoms with E-state index in [0.717, 1.165) is 28.4 Å². The SMILES string of the molecule is COc1ccc(-n2nc(C)c3c2CC(c2ccccc2O)CC3=O)cc1. The van der Waals surface area contributed by atoms with E-state index in [1.807, 2.05) is 48.0 Å². The summed E-state index contributed by atoms with van der Waals surface area (Å²) in [5.41, 5.74) is 4.06. The van der Waals surface area contributed by atoms with Crippen LogP contribution in [-0.4, -0.2) is 27.8 Å². The number of phenolic OH excluding ortho intramolecular Hbond substituents is 1. The molecule has 1 heterocycles. The fourth-order valence-electron chi connectivity index (χ4n) is 3.75. The maximum Gasteiger partial charge on any atom is 0.167 e. The molecule has 4 rings (SSSR count). The summed E-state index contributed by atoms with van der Waals surface area (Å²) in [6.45, 7) is 1.87. The van der Waals surface area contributed by atoms with Crippen molar-refractivity contribution in [3.05, 3.63) is 71.0 Å². The van der Waals surface area contributed by atoms with E-state index in [0.29, 0.717) is 18.4 Å². The van der Waals surface area contributed by atoms with Gasteiger partial charge in [-0.1, -0.05) is 18.2 Å². The zero-order valence-electron chi connectivity index (χ0n) is 14.8. The number of phenols is 1. The molecule has 1 N–H and O–H groups in total. The fourth-order valence-corrected chi connectivity index (χ4v) is 3.75. The lowest BCUT2D eigenvalue weighted by Gasteiger charge is -2.23. The Morgan fingerprint density at radius 3 is 2.54 bits per heavy atom. The van der Waals surface area contributed by atoms with Crippen molar-refractivity contribution in [1.29, 1.82) is 0 Å². The summed E-state index contributed by atoms with van der Waals surface area (Å²) in [5, 5.41) is 14.8. The maximum atomic E-state index is 12.8. The predicted molar refractivity (Wildman–Crippen MR) is 98.4 cm³/mol. The number of ether oxygens (including phenoxy) is 1. The van der Waals surface area contributed by atoms with E-state index in [9.17, 15) is 9.90 Å². The average Bonchev–Trinajstić information content (AvgIpc) is 2.99. The first-order chi connectivity index (χ1) is 12.6. The van der Waals surface area contributed by atoms with Crippen molar-refractivity contribution in [1.82, 2.24) is 9.78 Å². The fraction of sp³-hybridized carbons (Fsp3) is 0.238. The van der Waals surface area contributed by atoms with Gasteiger partial charge < -0.3 is 9.84 Å². The molecule has 0 radical (unpaired) electrons. The summed E-state index contributed by atoms with van der Waals surface area (Å²) in [7, 11) is 1.63. The molecule has 1 aromatic heterocycles. The number of carbonyl (C=O) groups is 1. The molecule has 1 unspecified atom stereocenters. The Kier molecular flexibility index (Phi) is 3.99. The van der Waals surface area contributed by atoms with Gasteiger partial charge in [-0.3, -0.25) is 4.79 Å². The number of aromatic hydroxyl groups is 1. The topological polar surface area (TPSA) is 64.3 Å². The van der Waals surface area contributed by atoms with Crippen molar-refractivity contribution in [3.8, 4) is 17.2 Å². The van der Waals surface area contributed by atoms with E-state index in [4.69, 9.17) is 4.74 Å². The summed E-state index contributed by atoms with van der Waals surface area (Å²) in [5.74, 6) is 1.04. The second kappa shape index (κ2) is 6.33. The van der Waals surface area contributed by atoms with E-state index < -0.39 is 0 Å². The average molecular weight is 348 g/mol. The molecule has 5 heteroatoms. The number of Topliss-reactive ketones (excluding diaryl/α,β-unsaturated/α-hetero) is 1. The lowest BCUT2D eigenvalue weighted by Crippen LogP contribution is -2.20. The summed E-state index contributed by atoms with van der Waals surface area (Å²) in [6.07, 6.45) is 1.05. The van der Waals surface area contributed by atoms with Crippen LogP contribution in [0.3, 0.4) is 0 Å². The van der Waals surface area contributed by atoms with Gasteiger partial charge in [0.05, 0.1) is 29.7 Å². The molecule has 0 saturated heterocycles. The molecule has 1 aliphatic rings. The van der Waals surface area contributed by atoms with E-state index in [-0.39, 0.29) is 17.5 Å². The number of ketones is 1. The third kappa shape index (κ3) is 2.65. The number of hydrogen-bond acceptors (Lipinski definition) is 4. The van der Waals surface area contributed by atoms with Crippen LogP contribution in [-0.2, 0) is 6.42 Å². The van der Waals surface area contributed by atoms with Gasteiger partial charge in [-0.2, -0.15) is 5.10 Å². The molecule has 26 heavy (non-hydrogen) atoms. The molecule has 0 bridgehead atoms. The Morgan fingerprint density at radius 1 is 1.12 bits per heavy atom. The molecule has 1 aliphatic carbocycles. The van der Waals surface area contributed by atoms with Crippen LogP contribution >= 0.6 is 0 Å². The first-order valence-corrected chi connectivity index (χ1v) is 8.62. The number of hydrogen-bond donors (Lipinski definition) is 1. The lowest BCUT2D eigenvalue weighted by molar-refractivity contribution is 0.0963. The Bertz CT molecular complexity index is 973. The number of carbonyl (C=O) groups excluding carboxylic acids is 1. The van der Waals surface area contributed by atoms with Crippen molar-refractivity contribution in [3.63, 3.8) is 0 Å². The van der Waals surface area contributed by atoms with E-state index >= 15 is 0 Å². The van der Waals surface area contributed by atoms with E-state index in [2.05, 4.69) is 5.10 Å². The molecular weight excluding hydrogens is 328 g/mol. The minimum Gasteiger partial charge on any atom is -0.508 e. The number of rotatable bonds is 3. The van der Waals surface area contributed by atoms with Crippen LogP contribution in [0.25, 0.3) is 5.69 Å². The van der Waals surface area contributed by atoms with Crippen LogP contribution in [0.1, 0.15) is 39.6 Å². The maximum absolute atomic E-state index is 12.8. The van der Waals surface area contributed by atoms with Crippen LogP contribution < -0.4 is 4.74 Å². The molecule has 132 valence electrons. The molecule has 2 aromatic carbocycles. The van der Waals surface area contributed by atoms with Crippen molar-refractivity contribution in [2.75, 3.05) is 7.11 Å². The van der Waals surface area contributed by atoms with Crippen LogP contribution in [0.4, 0.5) is 0 Å². The van der Waals surface area contributed by atoms with Gasteiger partial charge in [0.2, 0.25) is 0 Å². The second-order valence-corrected chi connectivity index (χ2v) is 6.60. The van der Waals surface area contributed by atoms with Crippen molar-refractivity contribution in [2.24, 2.45) is 0 Å². The third-order valence-electron chi connectivity index (χ3n) is 5.00. The molecule has 0 spiro atoms. The van der Waals surface area contributed by atoms with Crippen molar-refractivity contribution >= 4 is 5.78 Å². The van der Waals surface area contributed by atoms with Crippen LogP contribution in [0, 0.1) is 6.92 Å². The Morgan fingerprint density at radius 2 is 1.85 bits per heavy atom. The number of benzene rings is 2. The van der Waals surface area contributed by atoms with E-state index in [1.165, 1.54) is 0 Å². The Labute approximate surface area is 151 Å². The molecular formula is C21H20N2O3. The molecule has 0 amide bonds. The molecule has 0 aliphatic heterocycles. The highest BCUT2D eigenvalue weighted by Gasteiger charge is 2.33. The smallest absolute Gasteiger partial charge is 0.167 e. The lowest BCUT2D eigenvalue weighted by atomic mass is 9.81. The van der Waals surface area contributed by atoms with Crippen molar-refractivity contribution in [2.45, 2.75) is 25.7 Å². The summed E-state index contributed by atoms with van der Waals surface area (Å²) in [6, 6.07) is 14.9. The highest BCUT2D eigenvalue weighted by Crippen LogP contribution is 2.38. The van der Waals surface area contributed by atoms with Gasteiger partial charge in [0.1, 0.15) is 11.5 Å². The number of para-hydroxylation sites is 1. The third-order valence-corrected chi connectivity index (χ3v) is 5.00. The van der Waals surface area contributed by atoms with Crippen molar-refractivity contribution < 1.29 is 14.6 Å². The molecule has 0 fully saturated rings. The Balaban J connectivity index is 1.78. The van der Waals surface area contributed by atoms with Gasteiger partial charge in [-0.05, 0) is 49.2 Å². The number of nitrogens with zero attached hydrogens (tertiary/aromatic N) is 2. The predicted octanol–water partition coefficient (Wildman–Crippen LogP) is 3.81. The standard InChI is InChI=1S/C21H20N2O3/c1-13-21-18(23(22-13)15-7-9-16(26-2)10-8-15)11-14(12-20(21)25)17-5-3-4-6-19(17)24/h3-10,14,24H,11-12H2,1-2H3. The van der Waals surface area contributed by atoms with Gasteiger partial charge in [-0.25, -0.2) is 4.68 Å². The summed E-state index contributed by atoms with van der Waals surface area (Å²) < 4.78 is 7.06. The first kappa shape index (κ1) is 16.4. The van der Waals surface area contributed by atoms with Gasteiger partial charge in [-0.15, -0.1) is 0 Å². The largest absolute Gasteiger partial charge is 0.508 e. The van der Waals surface area contributed by atoms with E-state index in [1.54, 1.807) is 19.2 Å². The van der Waals surface area contributed by atoms with Gasteiger partial charge in [0.25, 0.3) is 0 Å². The minimum absolute atomic E-state index is 0.0516.